The molecular weight excluding hydrogens is 537 g/mol. The van der Waals surface area contributed by atoms with Gasteiger partial charge in [0.05, 0.1) is 16.5 Å². The normalized spacial score (nSPS) is 11.7. The molecule has 38 heavy (non-hydrogen) atoms. The van der Waals surface area contributed by atoms with Crippen LogP contribution < -0.4 is 15.1 Å². The molecule has 3 rings (SSSR count). The number of carbonyl (C=O) groups excluding carboxylic acids is 1. The smallest absolute Gasteiger partial charge is 0.414 e. The maximum absolute atomic E-state index is 15.4. The summed E-state index contributed by atoms with van der Waals surface area (Å²) >= 11 is 6.43. The molecule has 0 aliphatic carbocycles. The Morgan fingerprint density at radius 3 is 2.50 bits per heavy atom. The molecule has 0 radical (unpaired) electrons. The highest BCUT2D eigenvalue weighted by molar-refractivity contribution is 7.92. The molecule has 2 aromatic carbocycles. The van der Waals surface area contributed by atoms with Gasteiger partial charge in [-0.05, 0) is 43.3 Å². The van der Waals surface area contributed by atoms with Crippen molar-refractivity contribution < 1.29 is 26.8 Å². The van der Waals surface area contributed by atoms with Gasteiger partial charge in [-0.25, -0.2) is 22.4 Å². The summed E-state index contributed by atoms with van der Waals surface area (Å²) < 4.78 is 52.9. The maximum atomic E-state index is 15.4. The molecule has 206 valence electrons. The fourth-order valence-electron chi connectivity index (χ4n) is 3.78. The van der Waals surface area contributed by atoms with Crippen LogP contribution in [-0.2, 0) is 23.0 Å². The topological polar surface area (TPSA) is 109 Å². The summed E-state index contributed by atoms with van der Waals surface area (Å²) in [6.07, 6.45) is -0.419. The Balaban J connectivity index is 2.14. The molecular formula is C26H31ClFN3O6S. The summed E-state index contributed by atoms with van der Waals surface area (Å²) in [4.78, 5) is 28.4. The van der Waals surface area contributed by atoms with E-state index in [9.17, 15) is 18.0 Å². The first-order valence-corrected chi connectivity index (χ1v) is 14.0. The first-order chi connectivity index (χ1) is 17.9. The van der Waals surface area contributed by atoms with Crippen LogP contribution in [0.15, 0.2) is 39.5 Å². The van der Waals surface area contributed by atoms with E-state index in [0.29, 0.717) is 30.5 Å². The molecule has 0 bridgehead atoms. The van der Waals surface area contributed by atoms with Crippen LogP contribution in [0, 0.1) is 5.82 Å². The van der Waals surface area contributed by atoms with Crippen molar-refractivity contribution >= 4 is 44.4 Å². The molecule has 0 unspecified atom stereocenters. The van der Waals surface area contributed by atoms with Gasteiger partial charge in [0.1, 0.15) is 5.58 Å². The zero-order chi connectivity index (χ0) is 28.2. The lowest BCUT2D eigenvalue weighted by Gasteiger charge is -2.19. The second kappa shape index (κ2) is 12.1. The molecule has 0 aliphatic rings. The van der Waals surface area contributed by atoms with Crippen molar-refractivity contribution in [3.8, 4) is 5.75 Å². The number of amides is 1. The number of ether oxygens (including phenoxy) is 1. The Labute approximate surface area is 226 Å². The molecule has 12 heteroatoms. The monoisotopic (exact) mass is 567 g/mol. The lowest BCUT2D eigenvalue weighted by molar-refractivity contribution is 0.172. The van der Waals surface area contributed by atoms with E-state index in [4.69, 9.17) is 20.8 Å². The van der Waals surface area contributed by atoms with Gasteiger partial charge in [-0.15, -0.1) is 0 Å². The predicted octanol–water partition coefficient (Wildman–Crippen LogP) is 4.84. The average Bonchev–Trinajstić information content (AvgIpc) is 2.84. The van der Waals surface area contributed by atoms with Gasteiger partial charge in [-0.1, -0.05) is 37.6 Å². The van der Waals surface area contributed by atoms with E-state index in [0.717, 1.165) is 0 Å². The second-order valence-corrected chi connectivity index (χ2v) is 11.3. The number of benzene rings is 2. The zero-order valence-corrected chi connectivity index (χ0v) is 23.5. The SMILES string of the molecule is CCCS(=O)(=O)Nc1cccc(Cc2c(CN(C)CC)c3cc(Cl)c(OC(=O)N(C)C)cc3oc2=O)c1F. The lowest BCUT2D eigenvalue weighted by Crippen LogP contribution is -2.25. The van der Waals surface area contributed by atoms with Crippen LogP contribution in [0.1, 0.15) is 37.0 Å². The van der Waals surface area contributed by atoms with E-state index in [1.807, 2.05) is 18.9 Å². The molecule has 0 saturated carbocycles. The number of carbonyl (C=O) groups is 1. The molecule has 9 nitrogen and oxygen atoms in total. The third kappa shape index (κ3) is 6.83. The number of anilines is 1. The van der Waals surface area contributed by atoms with Crippen LogP contribution in [0.4, 0.5) is 14.9 Å². The van der Waals surface area contributed by atoms with Gasteiger partial charge in [0, 0.05) is 44.1 Å². The number of hydrogen-bond donors (Lipinski definition) is 1. The summed E-state index contributed by atoms with van der Waals surface area (Å²) in [5, 5.41) is 0.640. The van der Waals surface area contributed by atoms with Gasteiger partial charge in [0.2, 0.25) is 10.0 Å². The van der Waals surface area contributed by atoms with Crippen LogP contribution in [0.2, 0.25) is 5.02 Å². The van der Waals surface area contributed by atoms with E-state index < -0.39 is 27.6 Å². The second-order valence-electron chi connectivity index (χ2n) is 9.09. The summed E-state index contributed by atoms with van der Waals surface area (Å²) in [6, 6.07) is 7.26. The van der Waals surface area contributed by atoms with E-state index in [1.54, 1.807) is 13.0 Å². The van der Waals surface area contributed by atoms with E-state index >= 15 is 4.39 Å². The van der Waals surface area contributed by atoms with Crippen LogP contribution in [0.25, 0.3) is 11.0 Å². The van der Waals surface area contributed by atoms with Crippen LogP contribution in [-0.4, -0.2) is 57.8 Å². The quantitative estimate of drug-likeness (QED) is 0.349. The fourth-order valence-corrected chi connectivity index (χ4v) is 5.11. The van der Waals surface area contributed by atoms with Crippen LogP contribution >= 0.6 is 11.6 Å². The van der Waals surface area contributed by atoms with Gasteiger partial charge in [0.25, 0.3) is 0 Å². The molecule has 0 atom stereocenters. The molecule has 1 N–H and O–H groups in total. The molecule has 1 heterocycles. The minimum atomic E-state index is -3.71. The number of halogens is 2. The third-order valence-corrected chi connectivity index (χ3v) is 7.66. The molecule has 1 aromatic heterocycles. The van der Waals surface area contributed by atoms with Crippen molar-refractivity contribution in [3.63, 3.8) is 0 Å². The number of fused-ring (bicyclic) bond motifs is 1. The lowest BCUT2D eigenvalue weighted by atomic mass is 9.97. The van der Waals surface area contributed by atoms with E-state index in [-0.39, 0.29) is 45.3 Å². The average molecular weight is 568 g/mol. The Kier molecular flexibility index (Phi) is 9.40. The van der Waals surface area contributed by atoms with Crippen molar-refractivity contribution in [3.05, 3.63) is 68.3 Å². The Morgan fingerprint density at radius 2 is 1.87 bits per heavy atom. The Bertz CT molecular complexity index is 1510. The van der Waals surface area contributed by atoms with E-state index in [1.165, 1.54) is 43.3 Å². The first kappa shape index (κ1) is 29.4. The number of rotatable bonds is 10. The number of nitrogens with zero attached hydrogens (tertiary/aromatic N) is 2. The van der Waals surface area contributed by atoms with Crippen molar-refractivity contribution in [1.29, 1.82) is 0 Å². The molecule has 0 fully saturated rings. The fraction of sp³-hybridized carbons (Fsp3) is 0.385. The minimum absolute atomic E-state index is 0.0293. The minimum Gasteiger partial charge on any atom is -0.422 e. The zero-order valence-electron chi connectivity index (χ0n) is 21.9. The first-order valence-electron chi connectivity index (χ1n) is 12.0. The molecule has 0 aliphatic heterocycles. The number of hydrogen-bond acceptors (Lipinski definition) is 7. The Morgan fingerprint density at radius 1 is 1.16 bits per heavy atom. The van der Waals surface area contributed by atoms with Crippen LogP contribution in [0.5, 0.6) is 5.75 Å². The predicted molar refractivity (Wildman–Crippen MR) is 146 cm³/mol. The molecule has 1 amide bonds. The highest BCUT2D eigenvalue weighted by atomic mass is 35.5. The summed E-state index contributed by atoms with van der Waals surface area (Å²) in [5.41, 5.74) is 0.176. The summed E-state index contributed by atoms with van der Waals surface area (Å²) in [6.45, 7) is 4.65. The standard InChI is InChI=1S/C26H31ClFN3O6S/c1-6-11-38(34,35)29-21-10-8-9-16(24(21)28)12-18-19(15-31(5)7-2)17-13-20(27)23(37-26(33)30(3)4)14-22(17)36-25(18)32/h8-10,13-14,29H,6-7,11-12,15H2,1-5H3. The van der Waals surface area contributed by atoms with Crippen molar-refractivity contribution in [2.24, 2.45) is 0 Å². The summed E-state index contributed by atoms with van der Waals surface area (Å²) in [5.74, 6) is -0.891. The van der Waals surface area contributed by atoms with Gasteiger partial charge >= 0.3 is 11.7 Å². The van der Waals surface area contributed by atoms with Gasteiger partial charge in [0.15, 0.2) is 11.6 Å². The van der Waals surface area contributed by atoms with Crippen molar-refractivity contribution in [1.82, 2.24) is 9.80 Å². The van der Waals surface area contributed by atoms with Crippen LogP contribution in [0.3, 0.4) is 0 Å². The van der Waals surface area contributed by atoms with Crippen molar-refractivity contribution in [2.75, 3.05) is 38.2 Å². The van der Waals surface area contributed by atoms with Gasteiger partial charge in [-0.3, -0.25) is 4.72 Å². The number of sulfonamides is 1. The molecule has 3 aromatic rings. The number of nitrogens with one attached hydrogen (secondary N) is 1. The van der Waals surface area contributed by atoms with Gasteiger partial charge in [-0.2, -0.15) is 0 Å². The third-order valence-electron chi connectivity index (χ3n) is 5.89. The highest BCUT2D eigenvalue weighted by Gasteiger charge is 2.22. The highest BCUT2D eigenvalue weighted by Crippen LogP contribution is 2.34. The largest absolute Gasteiger partial charge is 0.422 e. The van der Waals surface area contributed by atoms with Crippen molar-refractivity contribution in [2.45, 2.75) is 33.2 Å². The maximum Gasteiger partial charge on any atom is 0.414 e. The van der Waals surface area contributed by atoms with Gasteiger partial charge < -0.3 is 19.0 Å². The molecule has 0 saturated heterocycles. The van der Waals surface area contributed by atoms with E-state index in [2.05, 4.69) is 4.72 Å². The Hall–Kier alpha value is -3.15. The summed E-state index contributed by atoms with van der Waals surface area (Å²) in [7, 11) is 1.19. The molecule has 0 spiro atoms.